The van der Waals surface area contributed by atoms with Gasteiger partial charge in [-0.25, -0.2) is 23.6 Å². The Hall–Kier alpha value is -3.13. The first kappa shape index (κ1) is 18.2. The molecule has 3 aromatic rings. The van der Waals surface area contributed by atoms with E-state index >= 15 is 0 Å². The minimum atomic E-state index is -1.23. The standard InChI is InChI=1S/C20H15F2N3O2S/c21-13-6-5-12(16(9-13)19(26)27)10-23-25(14-7-8-14)20-24-18(11-28-20)15-3-1-2-4-17(15)22/h1-6,9-11,14H,7-8H2,(H,26,27)/b23-10+. The highest BCUT2D eigenvalue weighted by Gasteiger charge is 2.31. The molecule has 1 aliphatic carbocycles. The van der Waals surface area contributed by atoms with Crippen LogP contribution in [0.2, 0.25) is 0 Å². The molecule has 1 aromatic heterocycles. The smallest absolute Gasteiger partial charge is 0.336 e. The number of hydrazone groups is 1. The molecule has 1 aliphatic rings. The molecule has 0 aliphatic heterocycles. The van der Waals surface area contributed by atoms with Crippen molar-refractivity contribution in [2.45, 2.75) is 18.9 Å². The average Bonchev–Trinajstić information content (AvgIpc) is 3.40. The van der Waals surface area contributed by atoms with Gasteiger partial charge in [-0.1, -0.05) is 12.1 Å². The van der Waals surface area contributed by atoms with Crippen LogP contribution in [0, 0.1) is 11.6 Å². The lowest BCUT2D eigenvalue weighted by molar-refractivity contribution is 0.0696. The predicted octanol–water partition coefficient (Wildman–Crippen LogP) is 4.79. The van der Waals surface area contributed by atoms with Gasteiger partial charge in [-0.3, -0.25) is 0 Å². The second-order valence-electron chi connectivity index (χ2n) is 6.35. The number of hydrogen-bond acceptors (Lipinski definition) is 5. The SMILES string of the molecule is O=C(O)c1cc(F)ccc1/C=N/N(c1nc(-c2ccccc2F)cs1)C1CC1. The highest BCUT2D eigenvalue weighted by atomic mass is 32.1. The van der Waals surface area contributed by atoms with Crippen LogP contribution in [0.15, 0.2) is 52.9 Å². The molecule has 0 unspecified atom stereocenters. The fourth-order valence-electron chi connectivity index (χ4n) is 2.73. The zero-order valence-corrected chi connectivity index (χ0v) is 15.4. The van der Waals surface area contributed by atoms with Crippen molar-refractivity contribution in [3.63, 3.8) is 0 Å². The summed E-state index contributed by atoms with van der Waals surface area (Å²) in [5.41, 5.74) is 1.07. The van der Waals surface area contributed by atoms with E-state index in [4.69, 9.17) is 0 Å². The highest BCUT2D eigenvalue weighted by molar-refractivity contribution is 7.14. The van der Waals surface area contributed by atoms with E-state index in [0.29, 0.717) is 22.0 Å². The monoisotopic (exact) mass is 399 g/mol. The minimum Gasteiger partial charge on any atom is -0.478 e. The van der Waals surface area contributed by atoms with Crippen LogP contribution in [0.3, 0.4) is 0 Å². The lowest BCUT2D eigenvalue weighted by atomic mass is 10.1. The summed E-state index contributed by atoms with van der Waals surface area (Å²) < 4.78 is 27.4. The maximum Gasteiger partial charge on any atom is 0.336 e. The van der Waals surface area contributed by atoms with E-state index in [9.17, 15) is 18.7 Å². The number of nitrogens with zero attached hydrogens (tertiary/aromatic N) is 3. The number of halogens is 2. The zero-order valence-electron chi connectivity index (χ0n) is 14.5. The van der Waals surface area contributed by atoms with Gasteiger partial charge < -0.3 is 5.11 Å². The molecule has 0 amide bonds. The number of aromatic carboxylic acids is 1. The molecule has 2 aromatic carbocycles. The maximum atomic E-state index is 14.0. The molecule has 1 N–H and O–H groups in total. The lowest BCUT2D eigenvalue weighted by Gasteiger charge is -2.14. The molecule has 28 heavy (non-hydrogen) atoms. The summed E-state index contributed by atoms with van der Waals surface area (Å²) in [6.45, 7) is 0. The van der Waals surface area contributed by atoms with Crippen LogP contribution in [-0.4, -0.2) is 28.3 Å². The van der Waals surface area contributed by atoms with Crippen molar-refractivity contribution in [1.82, 2.24) is 4.98 Å². The highest BCUT2D eigenvalue weighted by Crippen LogP contribution is 2.36. The quantitative estimate of drug-likeness (QED) is 0.478. The Morgan fingerprint density at radius 3 is 2.75 bits per heavy atom. The van der Waals surface area contributed by atoms with Crippen LogP contribution >= 0.6 is 11.3 Å². The molecule has 0 radical (unpaired) electrons. The van der Waals surface area contributed by atoms with Gasteiger partial charge in [-0.05, 0) is 43.2 Å². The Balaban J connectivity index is 1.64. The number of carboxylic acid groups (broad SMARTS) is 1. The Labute approximate surface area is 163 Å². The molecule has 5 nitrogen and oxygen atoms in total. The summed E-state index contributed by atoms with van der Waals surface area (Å²) in [5.74, 6) is -2.20. The van der Waals surface area contributed by atoms with Crippen LogP contribution < -0.4 is 5.01 Å². The van der Waals surface area contributed by atoms with Crippen molar-refractivity contribution in [3.8, 4) is 11.3 Å². The summed E-state index contributed by atoms with van der Waals surface area (Å²) in [7, 11) is 0. The van der Waals surface area contributed by atoms with Crippen molar-refractivity contribution in [2.75, 3.05) is 5.01 Å². The number of carbonyl (C=O) groups is 1. The van der Waals surface area contributed by atoms with E-state index in [1.165, 1.54) is 35.8 Å². The molecule has 0 saturated heterocycles. The molecule has 0 atom stereocenters. The first-order valence-electron chi connectivity index (χ1n) is 8.59. The molecule has 0 spiro atoms. The lowest BCUT2D eigenvalue weighted by Crippen LogP contribution is -2.19. The Kier molecular flexibility index (Phi) is 4.87. The third-order valence-corrected chi connectivity index (χ3v) is 5.13. The summed E-state index contributed by atoms with van der Waals surface area (Å²) in [6.07, 6.45) is 3.26. The first-order valence-corrected chi connectivity index (χ1v) is 9.47. The molecular weight excluding hydrogens is 384 g/mol. The summed E-state index contributed by atoms with van der Waals surface area (Å²) in [5, 5.41) is 17.7. The van der Waals surface area contributed by atoms with Crippen molar-refractivity contribution in [2.24, 2.45) is 5.10 Å². The predicted molar refractivity (Wildman–Crippen MR) is 104 cm³/mol. The molecule has 142 valence electrons. The molecule has 1 fully saturated rings. The van der Waals surface area contributed by atoms with Crippen molar-refractivity contribution >= 4 is 28.7 Å². The molecule has 1 saturated carbocycles. The van der Waals surface area contributed by atoms with E-state index in [0.717, 1.165) is 18.9 Å². The van der Waals surface area contributed by atoms with Gasteiger partial charge in [-0.2, -0.15) is 5.10 Å². The molecular formula is C20H15F2N3O2S. The normalized spacial score (nSPS) is 13.8. The number of aromatic nitrogens is 1. The van der Waals surface area contributed by atoms with Crippen LogP contribution in [0.25, 0.3) is 11.3 Å². The first-order chi connectivity index (χ1) is 13.5. The third-order valence-electron chi connectivity index (χ3n) is 4.30. The van der Waals surface area contributed by atoms with Crippen LogP contribution in [0.5, 0.6) is 0 Å². The van der Waals surface area contributed by atoms with Gasteiger partial charge in [0.15, 0.2) is 0 Å². The van der Waals surface area contributed by atoms with E-state index in [2.05, 4.69) is 10.1 Å². The van der Waals surface area contributed by atoms with Gasteiger partial charge in [0.25, 0.3) is 0 Å². The van der Waals surface area contributed by atoms with E-state index in [-0.39, 0.29) is 17.4 Å². The van der Waals surface area contributed by atoms with Crippen LogP contribution in [0.1, 0.15) is 28.8 Å². The van der Waals surface area contributed by atoms with Gasteiger partial charge >= 0.3 is 5.97 Å². The van der Waals surface area contributed by atoms with Crippen molar-refractivity contribution in [1.29, 1.82) is 0 Å². The number of anilines is 1. The van der Waals surface area contributed by atoms with Gasteiger partial charge in [0.05, 0.1) is 23.5 Å². The number of thiazole rings is 1. The number of hydrogen-bond donors (Lipinski definition) is 1. The van der Waals surface area contributed by atoms with Crippen LogP contribution in [-0.2, 0) is 0 Å². The maximum absolute atomic E-state index is 14.0. The second-order valence-corrected chi connectivity index (χ2v) is 7.19. The Bertz CT molecular complexity index is 1060. The summed E-state index contributed by atoms with van der Waals surface area (Å²) >= 11 is 1.34. The van der Waals surface area contributed by atoms with Crippen LogP contribution in [0.4, 0.5) is 13.9 Å². The minimum absolute atomic E-state index is 0.157. The fraction of sp³-hybridized carbons (Fsp3) is 0.150. The molecule has 0 bridgehead atoms. The van der Waals surface area contributed by atoms with Crippen molar-refractivity contribution in [3.05, 3.63) is 70.6 Å². The number of benzene rings is 2. The third kappa shape index (κ3) is 3.77. The number of carboxylic acids is 1. The topological polar surface area (TPSA) is 65.8 Å². The van der Waals surface area contributed by atoms with Crippen molar-refractivity contribution < 1.29 is 18.7 Å². The van der Waals surface area contributed by atoms with Gasteiger partial charge in [0.1, 0.15) is 11.6 Å². The fourth-order valence-corrected chi connectivity index (χ4v) is 3.58. The number of rotatable bonds is 6. The van der Waals surface area contributed by atoms with E-state index < -0.39 is 11.8 Å². The summed E-state index contributed by atoms with van der Waals surface area (Å²) in [4.78, 5) is 15.8. The van der Waals surface area contributed by atoms with E-state index in [1.54, 1.807) is 28.6 Å². The van der Waals surface area contributed by atoms with Gasteiger partial charge in [0, 0.05) is 16.5 Å². The second kappa shape index (κ2) is 7.47. The Morgan fingerprint density at radius 2 is 2.04 bits per heavy atom. The van der Waals surface area contributed by atoms with Gasteiger partial charge in [0.2, 0.25) is 5.13 Å². The van der Waals surface area contributed by atoms with Gasteiger partial charge in [-0.15, -0.1) is 11.3 Å². The Morgan fingerprint density at radius 1 is 1.25 bits per heavy atom. The molecule has 4 rings (SSSR count). The van der Waals surface area contributed by atoms with E-state index in [1.807, 2.05) is 0 Å². The molecule has 8 heteroatoms. The molecule has 1 heterocycles. The largest absolute Gasteiger partial charge is 0.478 e. The average molecular weight is 399 g/mol. The summed E-state index contributed by atoms with van der Waals surface area (Å²) in [6, 6.07) is 10.1. The zero-order chi connectivity index (χ0) is 19.7.